The highest BCUT2D eigenvalue weighted by molar-refractivity contribution is 7.89. The van der Waals surface area contributed by atoms with Crippen molar-refractivity contribution >= 4 is 33.4 Å². The molecule has 0 bridgehead atoms. The van der Waals surface area contributed by atoms with Crippen LogP contribution in [0.3, 0.4) is 0 Å². The quantitative estimate of drug-likeness (QED) is 0.613. The van der Waals surface area contributed by atoms with E-state index < -0.39 is 15.9 Å². The molecule has 0 saturated carbocycles. The van der Waals surface area contributed by atoms with Crippen LogP contribution >= 0.6 is 11.6 Å². The molecule has 2 amide bonds. The molecule has 10 heteroatoms. The van der Waals surface area contributed by atoms with Crippen molar-refractivity contribution in [2.45, 2.75) is 11.3 Å². The zero-order chi connectivity index (χ0) is 19.9. The van der Waals surface area contributed by atoms with Gasteiger partial charge in [0.15, 0.2) is 0 Å². The summed E-state index contributed by atoms with van der Waals surface area (Å²) in [5.41, 5.74) is 0.0178. The van der Waals surface area contributed by atoms with Crippen LogP contribution in [0.5, 0.6) is 0 Å². The molecule has 0 aromatic heterocycles. The third-order valence-electron chi connectivity index (χ3n) is 3.52. The van der Waals surface area contributed by atoms with Crippen LogP contribution in [0, 0.1) is 0 Å². The number of nitrogens with zero attached hydrogens (tertiary/aromatic N) is 2. The number of likely N-dealkylation sites (N-methyl/N-ethyl adjacent to an activating group) is 1. The lowest BCUT2D eigenvalue weighted by Crippen LogP contribution is -2.39. The van der Waals surface area contributed by atoms with Gasteiger partial charge in [0, 0.05) is 41.4 Å². The van der Waals surface area contributed by atoms with Crippen molar-refractivity contribution < 1.29 is 22.7 Å². The van der Waals surface area contributed by atoms with Gasteiger partial charge in [-0.15, -0.1) is 0 Å². The minimum absolute atomic E-state index is 0.0178. The van der Waals surface area contributed by atoms with Crippen molar-refractivity contribution in [1.29, 1.82) is 0 Å². The van der Waals surface area contributed by atoms with Gasteiger partial charge < -0.3 is 15.0 Å². The minimum atomic E-state index is -3.70. The number of benzene rings is 1. The van der Waals surface area contributed by atoms with E-state index in [0.29, 0.717) is 19.6 Å². The molecule has 26 heavy (non-hydrogen) atoms. The summed E-state index contributed by atoms with van der Waals surface area (Å²) in [6, 6.07) is 3.90. The number of rotatable bonds is 9. The highest BCUT2D eigenvalue weighted by atomic mass is 35.5. The molecule has 0 saturated heterocycles. The van der Waals surface area contributed by atoms with Gasteiger partial charge in [0.05, 0.1) is 22.0 Å². The Labute approximate surface area is 159 Å². The second-order valence-corrected chi connectivity index (χ2v) is 8.35. The highest BCUT2D eigenvalue weighted by Crippen LogP contribution is 2.23. The van der Waals surface area contributed by atoms with E-state index >= 15 is 0 Å². The predicted octanol–water partition coefficient (Wildman–Crippen LogP) is 0.815. The molecule has 8 nitrogen and oxygen atoms in total. The topological polar surface area (TPSA) is 96.0 Å². The third kappa shape index (κ3) is 5.94. The number of hydrogen-bond donors (Lipinski definition) is 1. The Morgan fingerprint density at radius 2 is 1.88 bits per heavy atom. The summed E-state index contributed by atoms with van der Waals surface area (Å²) in [7, 11) is 2.10. The number of methoxy groups -OCH3 is 1. The molecule has 1 aromatic rings. The molecule has 0 radical (unpaired) electrons. The third-order valence-corrected chi connectivity index (χ3v) is 5.66. The molecule has 0 aliphatic carbocycles. The van der Waals surface area contributed by atoms with Gasteiger partial charge in [-0.05, 0) is 24.6 Å². The Morgan fingerprint density at radius 3 is 2.46 bits per heavy atom. The Kier molecular flexibility index (Phi) is 8.48. The summed E-state index contributed by atoms with van der Waals surface area (Å²) >= 11 is 6.05. The fourth-order valence-corrected chi connectivity index (χ4v) is 3.16. The Morgan fingerprint density at radius 1 is 1.23 bits per heavy atom. The summed E-state index contributed by atoms with van der Waals surface area (Å²) in [6.07, 6.45) is 0.663. The van der Waals surface area contributed by atoms with E-state index in [1.807, 2.05) is 0 Å². The Hall–Kier alpha value is -1.68. The molecule has 0 spiro atoms. The van der Waals surface area contributed by atoms with Gasteiger partial charge in [-0.1, -0.05) is 11.6 Å². The largest absolute Gasteiger partial charge is 0.385 e. The number of halogens is 1. The molecule has 0 unspecified atom stereocenters. The van der Waals surface area contributed by atoms with E-state index in [9.17, 15) is 18.0 Å². The van der Waals surface area contributed by atoms with Crippen molar-refractivity contribution in [2.24, 2.45) is 0 Å². The van der Waals surface area contributed by atoms with Crippen LogP contribution < -0.4 is 5.32 Å². The summed E-state index contributed by atoms with van der Waals surface area (Å²) in [6.45, 7) is 0.788. The standard InChI is InChI=1S/C16H24ClN3O5S/c1-19(2)26(23,24)12-6-7-14(17)13(10-12)16(22)20(3)11-15(21)18-8-5-9-25-4/h6-7,10H,5,8-9,11H2,1-4H3,(H,18,21). The molecule has 1 N–H and O–H groups in total. The number of ether oxygens (including phenoxy) is 1. The van der Waals surface area contributed by atoms with E-state index in [1.165, 1.54) is 44.2 Å². The monoisotopic (exact) mass is 405 g/mol. The average molecular weight is 406 g/mol. The summed E-state index contributed by atoms with van der Waals surface area (Å²) in [5.74, 6) is -0.872. The Bertz CT molecular complexity index is 752. The maximum atomic E-state index is 12.6. The van der Waals surface area contributed by atoms with Gasteiger partial charge in [-0.25, -0.2) is 12.7 Å². The minimum Gasteiger partial charge on any atom is -0.385 e. The maximum Gasteiger partial charge on any atom is 0.255 e. The molecular formula is C16H24ClN3O5S. The second-order valence-electron chi connectivity index (χ2n) is 5.79. The molecule has 0 fully saturated rings. The molecule has 0 aliphatic rings. The van der Waals surface area contributed by atoms with Gasteiger partial charge in [0.25, 0.3) is 5.91 Å². The summed E-state index contributed by atoms with van der Waals surface area (Å²) in [5, 5.41) is 2.78. The number of sulfonamides is 1. The number of carbonyl (C=O) groups is 2. The lowest BCUT2D eigenvalue weighted by Gasteiger charge is -2.19. The van der Waals surface area contributed by atoms with E-state index in [0.717, 1.165) is 4.31 Å². The van der Waals surface area contributed by atoms with Crippen LogP contribution in [0.2, 0.25) is 5.02 Å². The van der Waals surface area contributed by atoms with Crippen LogP contribution in [0.1, 0.15) is 16.8 Å². The number of carbonyl (C=O) groups excluding carboxylic acids is 2. The molecule has 1 aromatic carbocycles. The van der Waals surface area contributed by atoms with Crippen molar-refractivity contribution in [1.82, 2.24) is 14.5 Å². The van der Waals surface area contributed by atoms with Crippen LogP contribution in [0.25, 0.3) is 0 Å². The lowest BCUT2D eigenvalue weighted by molar-refractivity contribution is -0.121. The number of nitrogens with one attached hydrogen (secondary N) is 1. The fourth-order valence-electron chi connectivity index (χ4n) is 2.03. The molecule has 0 aliphatic heterocycles. The highest BCUT2D eigenvalue weighted by Gasteiger charge is 2.23. The molecule has 146 valence electrons. The zero-order valence-electron chi connectivity index (χ0n) is 15.3. The van der Waals surface area contributed by atoms with Gasteiger partial charge in [-0.3, -0.25) is 9.59 Å². The Balaban J connectivity index is 2.87. The molecule has 1 rings (SSSR count). The van der Waals surface area contributed by atoms with Crippen LogP contribution in [0.4, 0.5) is 0 Å². The fraction of sp³-hybridized carbons (Fsp3) is 0.500. The van der Waals surface area contributed by atoms with Gasteiger partial charge in [0.1, 0.15) is 0 Å². The van der Waals surface area contributed by atoms with Crippen LogP contribution in [-0.2, 0) is 19.6 Å². The zero-order valence-corrected chi connectivity index (χ0v) is 16.9. The number of hydrogen-bond acceptors (Lipinski definition) is 5. The first kappa shape index (κ1) is 22.4. The molecular weight excluding hydrogens is 382 g/mol. The van der Waals surface area contributed by atoms with E-state index in [2.05, 4.69) is 5.32 Å². The summed E-state index contributed by atoms with van der Waals surface area (Å²) in [4.78, 5) is 25.6. The first-order valence-corrected chi connectivity index (χ1v) is 9.66. The van der Waals surface area contributed by atoms with Crippen molar-refractivity contribution in [3.8, 4) is 0 Å². The van der Waals surface area contributed by atoms with E-state index in [-0.39, 0.29) is 27.9 Å². The van der Waals surface area contributed by atoms with Gasteiger partial charge >= 0.3 is 0 Å². The maximum absolute atomic E-state index is 12.6. The smallest absolute Gasteiger partial charge is 0.255 e. The van der Waals surface area contributed by atoms with E-state index in [4.69, 9.17) is 16.3 Å². The normalized spacial score (nSPS) is 11.5. The predicted molar refractivity (Wildman–Crippen MR) is 98.8 cm³/mol. The molecule has 0 heterocycles. The summed E-state index contributed by atoms with van der Waals surface area (Å²) < 4.78 is 30.4. The van der Waals surface area contributed by atoms with Crippen molar-refractivity contribution in [2.75, 3.05) is 47.9 Å². The van der Waals surface area contributed by atoms with Crippen molar-refractivity contribution in [3.05, 3.63) is 28.8 Å². The average Bonchev–Trinajstić information content (AvgIpc) is 2.58. The lowest BCUT2D eigenvalue weighted by atomic mass is 10.2. The van der Waals surface area contributed by atoms with Gasteiger partial charge in [-0.2, -0.15) is 0 Å². The second kappa shape index (κ2) is 9.86. The first-order chi connectivity index (χ1) is 12.1. The first-order valence-electron chi connectivity index (χ1n) is 7.84. The van der Waals surface area contributed by atoms with Crippen LogP contribution in [0.15, 0.2) is 23.1 Å². The molecule has 0 atom stereocenters. The van der Waals surface area contributed by atoms with Crippen LogP contribution in [-0.4, -0.2) is 77.4 Å². The number of amides is 2. The van der Waals surface area contributed by atoms with Crippen molar-refractivity contribution in [3.63, 3.8) is 0 Å². The van der Waals surface area contributed by atoms with Gasteiger partial charge in [0.2, 0.25) is 15.9 Å². The SMILES string of the molecule is COCCCNC(=O)CN(C)C(=O)c1cc(S(=O)(=O)N(C)C)ccc1Cl. The van der Waals surface area contributed by atoms with E-state index in [1.54, 1.807) is 7.11 Å².